The lowest BCUT2D eigenvalue weighted by atomic mass is 10.2. The quantitative estimate of drug-likeness (QED) is 0.705. The highest BCUT2D eigenvalue weighted by Crippen LogP contribution is 2.39. The Bertz CT molecular complexity index is 1050. The number of fused-ring (bicyclic) bond motifs is 1. The van der Waals surface area contributed by atoms with Crippen LogP contribution in [0, 0.1) is 0 Å². The van der Waals surface area contributed by atoms with Gasteiger partial charge in [-0.3, -0.25) is 9.47 Å². The molecule has 0 radical (unpaired) electrons. The van der Waals surface area contributed by atoms with Gasteiger partial charge in [-0.15, -0.1) is 0 Å². The summed E-state index contributed by atoms with van der Waals surface area (Å²) in [5.41, 5.74) is 2.95. The van der Waals surface area contributed by atoms with Crippen molar-refractivity contribution in [2.75, 3.05) is 50.8 Å². The fourth-order valence-electron chi connectivity index (χ4n) is 4.24. The molecule has 2 aliphatic rings. The van der Waals surface area contributed by atoms with Crippen LogP contribution in [0.4, 0.5) is 5.69 Å². The van der Waals surface area contributed by atoms with Gasteiger partial charge in [0.15, 0.2) is 11.5 Å². The number of imidazole rings is 1. The van der Waals surface area contributed by atoms with E-state index < -0.39 is 0 Å². The fourth-order valence-corrected chi connectivity index (χ4v) is 4.24. The van der Waals surface area contributed by atoms with Crippen LogP contribution in [0.3, 0.4) is 0 Å². The SMILES string of the molecule is O=c1[nH]cc(CCN2CCN(c3cccc4c3OCCO4)CC2)n1-c1ccccc1. The number of piperazine rings is 1. The number of rotatable bonds is 5. The van der Waals surface area contributed by atoms with E-state index in [1.165, 1.54) is 0 Å². The molecular weight excluding hydrogens is 380 g/mol. The highest BCUT2D eigenvalue weighted by Gasteiger charge is 2.23. The van der Waals surface area contributed by atoms with Crippen molar-refractivity contribution in [2.24, 2.45) is 0 Å². The van der Waals surface area contributed by atoms with Gasteiger partial charge in [0.25, 0.3) is 0 Å². The topological polar surface area (TPSA) is 62.7 Å². The van der Waals surface area contributed by atoms with Gasteiger partial charge in [-0.25, -0.2) is 4.79 Å². The summed E-state index contributed by atoms with van der Waals surface area (Å²) in [7, 11) is 0. The predicted molar refractivity (Wildman–Crippen MR) is 116 cm³/mol. The smallest absolute Gasteiger partial charge is 0.330 e. The van der Waals surface area contributed by atoms with Crippen molar-refractivity contribution in [3.63, 3.8) is 0 Å². The van der Waals surface area contributed by atoms with Crippen LogP contribution in [0.25, 0.3) is 5.69 Å². The molecular formula is C23H26N4O3. The van der Waals surface area contributed by atoms with Crippen LogP contribution < -0.4 is 20.1 Å². The molecule has 1 saturated heterocycles. The van der Waals surface area contributed by atoms with Crippen molar-refractivity contribution < 1.29 is 9.47 Å². The van der Waals surface area contributed by atoms with Gasteiger partial charge in [0.1, 0.15) is 13.2 Å². The van der Waals surface area contributed by atoms with Gasteiger partial charge in [-0.1, -0.05) is 24.3 Å². The molecule has 2 aromatic carbocycles. The maximum Gasteiger partial charge on any atom is 0.330 e. The molecule has 1 fully saturated rings. The molecule has 2 aliphatic heterocycles. The van der Waals surface area contributed by atoms with Crippen molar-refractivity contribution in [1.82, 2.24) is 14.5 Å². The maximum absolute atomic E-state index is 12.3. The van der Waals surface area contributed by atoms with E-state index in [0.29, 0.717) is 13.2 Å². The van der Waals surface area contributed by atoms with Crippen LogP contribution in [-0.4, -0.2) is 60.4 Å². The number of ether oxygens (including phenoxy) is 2. The summed E-state index contributed by atoms with van der Waals surface area (Å²) < 4.78 is 13.4. The van der Waals surface area contributed by atoms with E-state index in [9.17, 15) is 4.79 Å². The third-order valence-corrected chi connectivity index (χ3v) is 5.81. The highest BCUT2D eigenvalue weighted by atomic mass is 16.6. The Labute approximate surface area is 175 Å². The minimum absolute atomic E-state index is 0.0860. The molecule has 3 aromatic rings. The zero-order valence-corrected chi connectivity index (χ0v) is 16.9. The Morgan fingerprint density at radius 1 is 0.900 bits per heavy atom. The second-order valence-electron chi connectivity index (χ2n) is 7.64. The molecule has 7 nitrogen and oxygen atoms in total. The van der Waals surface area contributed by atoms with Gasteiger partial charge in [0, 0.05) is 51.0 Å². The molecule has 0 spiro atoms. The average molecular weight is 406 g/mol. The summed E-state index contributed by atoms with van der Waals surface area (Å²) in [6, 6.07) is 15.9. The van der Waals surface area contributed by atoms with E-state index in [2.05, 4.69) is 20.9 Å². The molecule has 156 valence electrons. The van der Waals surface area contributed by atoms with Crippen LogP contribution >= 0.6 is 0 Å². The Morgan fingerprint density at radius 3 is 2.53 bits per heavy atom. The third-order valence-electron chi connectivity index (χ3n) is 5.81. The minimum atomic E-state index is -0.0860. The first-order valence-corrected chi connectivity index (χ1v) is 10.5. The zero-order chi connectivity index (χ0) is 20.3. The standard InChI is InChI=1S/C23H26N4O3/c28-23-24-17-19(27(23)18-5-2-1-3-6-18)9-10-25-11-13-26(14-12-25)20-7-4-8-21-22(20)30-16-15-29-21/h1-8,17H,9-16H2,(H,24,28). The first-order valence-electron chi connectivity index (χ1n) is 10.5. The van der Waals surface area contributed by atoms with Gasteiger partial charge < -0.3 is 19.4 Å². The third kappa shape index (κ3) is 3.68. The monoisotopic (exact) mass is 406 g/mol. The number of nitrogens with zero attached hydrogens (tertiary/aromatic N) is 3. The van der Waals surface area contributed by atoms with Crippen molar-refractivity contribution in [3.05, 3.63) is 70.9 Å². The average Bonchev–Trinajstić information content (AvgIpc) is 3.18. The van der Waals surface area contributed by atoms with E-state index in [1.54, 1.807) is 4.57 Å². The molecule has 0 amide bonds. The molecule has 0 bridgehead atoms. The zero-order valence-electron chi connectivity index (χ0n) is 16.9. The van der Waals surface area contributed by atoms with Crippen LogP contribution in [0.5, 0.6) is 11.5 Å². The van der Waals surface area contributed by atoms with E-state index in [-0.39, 0.29) is 5.69 Å². The number of aromatic nitrogens is 2. The van der Waals surface area contributed by atoms with E-state index in [4.69, 9.17) is 9.47 Å². The molecule has 0 aliphatic carbocycles. The number of hydrogen-bond donors (Lipinski definition) is 1. The number of aromatic amines is 1. The second-order valence-corrected chi connectivity index (χ2v) is 7.64. The highest BCUT2D eigenvalue weighted by molar-refractivity contribution is 5.65. The summed E-state index contributed by atoms with van der Waals surface area (Å²) in [6.07, 6.45) is 2.66. The molecule has 0 atom stereocenters. The Kier molecular flexibility index (Phi) is 5.19. The first kappa shape index (κ1) is 18.8. The molecule has 1 N–H and O–H groups in total. The number of nitrogens with one attached hydrogen (secondary N) is 1. The molecule has 5 rings (SSSR count). The van der Waals surface area contributed by atoms with Crippen LogP contribution in [-0.2, 0) is 6.42 Å². The molecule has 0 unspecified atom stereocenters. The summed E-state index contributed by atoms with van der Waals surface area (Å²) in [6.45, 7) is 5.97. The van der Waals surface area contributed by atoms with Gasteiger partial charge in [0.2, 0.25) is 0 Å². The molecule has 30 heavy (non-hydrogen) atoms. The van der Waals surface area contributed by atoms with Crippen molar-refractivity contribution in [3.8, 4) is 17.2 Å². The van der Waals surface area contributed by atoms with Gasteiger partial charge in [0.05, 0.1) is 11.4 Å². The lowest BCUT2D eigenvalue weighted by Gasteiger charge is -2.37. The normalized spacial score (nSPS) is 16.6. The number of anilines is 1. The number of hydrogen-bond acceptors (Lipinski definition) is 5. The van der Waals surface area contributed by atoms with Crippen molar-refractivity contribution in [2.45, 2.75) is 6.42 Å². The number of benzene rings is 2. The number of H-pyrrole nitrogens is 1. The molecule has 0 saturated carbocycles. The Hall–Kier alpha value is -3.19. The Morgan fingerprint density at radius 2 is 1.70 bits per heavy atom. The van der Waals surface area contributed by atoms with E-state index in [0.717, 1.165) is 67.7 Å². The maximum atomic E-state index is 12.3. The fraction of sp³-hybridized carbons (Fsp3) is 0.348. The van der Waals surface area contributed by atoms with Crippen molar-refractivity contribution in [1.29, 1.82) is 0 Å². The summed E-state index contributed by atoms with van der Waals surface area (Å²) in [4.78, 5) is 19.9. The lowest BCUT2D eigenvalue weighted by Crippen LogP contribution is -2.47. The summed E-state index contributed by atoms with van der Waals surface area (Å²) in [5, 5.41) is 0. The van der Waals surface area contributed by atoms with Crippen molar-refractivity contribution >= 4 is 5.69 Å². The summed E-state index contributed by atoms with van der Waals surface area (Å²) in [5.74, 6) is 1.71. The first-order chi connectivity index (χ1) is 14.8. The van der Waals surface area contributed by atoms with Gasteiger partial charge in [-0.2, -0.15) is 0 Å². The molecule has 1 aromatic heterocycles. The predicted octanol–water partition coefficient (Wildman–Crippen LogP) is 2.30. The van der Waals surface area contributed by atoms with E-state index >= 15 is 0 Å². The van der Waals surface area contributed by atoms with Crippen LogP contribution in [0.2, 0.25) is 0 Å². The minimum Gasteiger partial charge on any atom is -0.486 e. The Balaban J connectivity index is 1.22. The molecule has 7 heteroatoms. The van der Waals surface area contributed by atoms with Gasteiger partial charge >= 0.3 is 5.69 Å². The van der Waals surface area contributed by atoms with E-state index in [1.807, 2.05) is 48.7 Å². The number of para-hydroxylation sites is 2. The largest absolute Gasteiger partial charge is 0.486 e. The lowest BCUT2D eigenvalue weighted by molar-refractivity contribution is 0.171. The van der Waals surface area contributed by atoms with Crippen LogP contribution in [0.15, 0.2) is 59.5 Å². The second kappa shape index (κ2) is 8.28. The molecule has 3 heterocycles. The van der Waals surface area contributed by atoms with Crippen LogP contribution in [0.1, 0.15) is 5.69 Å². The van der Waals surface area contributed by atoms with Gasteiger partial charge in [-0.05, 0) is 24.3 Å². The summed E-state index contributed by atoms with van der Waals surface area (Å²) >= 11 is 0.